The molecule has 8 nitrogen and oxygen atoms in total. The summed E-state index contributed by atoms with van der Waals surface area (Å²) in [4.78, 5) is 26.0. The first-order valence-electron chi connectivity index (χ1n) is 11.2. The van der Waals surface area contributed by atoms with E-state index in [1.807, 2.05) is 30.3 Å². The Morgan fingerprint density at radius 2 is 1.76 bits per heavy atom. The summed E-state index contributed by atoms with van der Waals surface area (Å²) in [6.07, 6.45) is 4.61. The average molecular weight is 459 g/mol. The van der Waals surface area contributed by atoms with Crippen molar-refractivity contribution in [1.29, 1.82) is 0 Å². The minimum Gasteiger partial charge on any atom is -0.488 e. The molecule has 1 aliphatic heterocycles. The predicted octanol–water partition coefficient (Wildman–Crippen LogP) is 4.93. The molecule has 0 aromatic heterocycles. The van der Waals surface area contributed by atoms with E-state index in [9.17, 15) is 14.9 Å². The van der Waals surface area contributed by atoms with Crippen molar-refractivity contribution in [2.75, 3.05) is 18.0 Å². The van der Waals surface area contributed by atoms with Gasteiger partial charge in [0.05, 0.1) is 16.7 Å². The summed E-state index contributed by atoms with van der Waals surface area (Å²) in [7, 11) is 0. The van der Waals surface area contributed by atoms with Crippen molar-refractivity contribution in [1.82, 2.24) is 5.43 Å². The van der Waals surface area contributed by atoms with E-state index in [1.165, 1.54) is 12.3 Å². The van der Waals surface area contributed by atoms with Gasteiger partial charge in [0.25, 0.3) is 11.6 Å². The van der Waals surface area contributed by atoms with Crippen LogP contribution in [0.3, 0.4) is 0 Å². The smallest absolute Gasteiger partial charge is 0.293 e. The lowest BCUT2D eigenvalue weighted by atomic mass is 10.1. The quantitative estimate of drug-likeness (QED) is 0.293. The van der Waals surface area contributed by atoms with Crippen LogP contribution in [-0.4, -0.2) is 30.1 Å². The number of ether oxygens (including phenoxy) is 1. The molecule has 4 rings (SSSR count). The number of nitro groups is 1. The molecule has 34 heavy (non-hydrogen) atoms. The summed E-state index contributed by atoms with van der Waals surface area (Å²) in [5.41, 5.74) is 5.01. The molecule has 8 heteroatoms. The molecule has 1 saturated heterocycles. The van der Waals surface area contributed by atoms with Crippen LogP contribution in [0.1, 0.15) is 40.7 Å². The molecule has 0 aliphatic carbocycles. The van der Waals surface area contributed by atoms with E-state index < -0.39 is 5.91 Å². The largest absolute Gasteiger partial charge is 0.488 e. The van der Waals surface area contributed by atoms with Crippen LogP contribution >= 0.6 is 0 Å². The molecule has 1 N–H and O–H groups in total. The lowest BCUT2D eigenvalue weighted by Crippen LogP contribution is -2.29. The zero-order valence-corrected chi connectivity index (χ0v) is 18.7. The monoisotopic (exact) mass is 458 g/mol. The lowest BCUT2D eigenvalue weighted by Gasteiger charge is -2.28. The number of hydrogen-bond donors (Lipinski definition) is 1. The van der Waals surface area contributed by atoms with Gasteiger partial charge in [-0.25, -0.2) is 5.43 Å². The maximum absolute atomic E-state index is 12.7. The number of hydrogen-bond acceptors (Lipinski definition) is 6. The highest BCUT2D eigenvalue weighted by atomic mass is 16.6. The molecular weight excluding hydrogens is 432 g/mol. The van der Waals surface area contributed by atoms with Gasteiger partial charge in [-0.2, -0.15) is 5.10 Å². The first-order valence-corrected chi connectivity index (χ1v) is 11.2. The number of amides is 1. The number of nitrogens with one attached hydrogen (secondary N) is 1. The number of anilines is 1. The molecule has 0 unspecified atom stereocenters. The molecule has 0 bridgehead atoms. The Bertz CT molecular complexity index is 1170. The van der Waals surface area contributed by atoms with Gasteiger partial charge < -0.3 is 9.64 Å². The van der Waals surface area contributed by atoms with E-state index in [0.717, 1.165) is 37.9 Å². The number of nitrogens with zero attached hydrogens (tertiary/aromatic N) is 3. The van der Waals surface area contributed by atoms with Gasteiger partial charge in [-0.15, -0.1) is 0 Å². The van der Waals surface area contributed by atoms with Gasteiger partial charge >= 0.3 is 0 Å². The highest BCUT2D eigenvalue weighted by Crippen LogP contribution is 2.31. The molecule has 174 valence electrons. The number of carbonyl (C=O) groups is 1. The Morgan fingerprint density at radius 3 is 2.53 bits per heavy atom. The summed E-state index contributed by atoms with van der Waals surface area (Å²) in [5, 5.41) is 15.6. The molecule has 0 atom stereocenters. The van der Waals surface area contributed by atoms with E-state index in [2.05, 4.69) is 15.4 Å². The Labute approximate surface area is 198 Å². The van der Waals surface area contributed by atoms with Gasteiger partial charge in [0, 0.05) is 24.7 Å². The molecule has 1 aliphatic rings. The van der Waals surface area contributed by atoms with Crippen LogP contribution in [-0.2, 0) is 6.61 Å². The summed E-state index contributed by atoms with van der Waals surface area (Å²) in [6, 6.07) is 21.6. The van der Waals surface area contributed by atoms with Crippen molar-refractivity contribution >= 4 is 23.5 Å². The fourth-order valence-electron chi connectivity index (χ4n) is 3.91. The minimum absolute atomic E-state index is 0.0387. The zero-order valence-electron chi connectivity index (χ0n) is 18.7. The molecule has 3 aromatic carbocycles. The van der Waals surface area contributed by atoms with Crippen LogP contribution in [0.4, 0.5) is 11.4 Å². The van der Waals surface area contributed by atoms with Crippen molar-refractivity contribution in [3.63, 3.8) is 0 Å². The van der Waals surface area contributed by atoms with Gasteiger partial charge in [-0.1, -0.05) is 48.5 Å². The van der Waals surface area contributed by atoms with Crippen LogP contribution in [0.15, 0.2) is 77.9 Å². The van der Waals surface area contributed by atoms with E-state index in [1.54, 1.807) is 36.4 Å². The van der Waals surface area contributed by atoms with Crippen molar-refractivity contribution in [3.8, 4) is 5.75 Å². The van der Waals surface area contributed by atoms with E-state index in [0.29, 0.717) is 29.2 Å². The predicted molar refractivity (Wildman–Crippen MR) is 131 cm³/mol. The first-order chi connectivity index (χ1) is 16.6. The second-order valence-corrected chi connectivity index (χ2v) is 8.02. The van der Waals surface area contributed by atoms with Crippen LogP contribution in [0.25, 0.3) is 0 Å². The SMILES string of the molecule is O=C(N/N=C/c1ccc(N2CCCCC2)c([N+](=O)[O-])c1)c1ccccc1OCc1ccccc1. The van der Waals surface area contributed by atoms with Gasteiger partial charge in [0.1, 0.15) is 18.0 Å². The summed E-state index contributed by atoms with van der Waals surface area (Å²) in [5.74, 6) is 0.0138. The van der Waals surface area contributed by atoms with Crippen LogP contribution in [0.2, 0.25) is 0 Å². The summed E-state index contributed by atoms with van der Waals surface area (Å²) in [6.45, 7) is 1.97. The second kappa shape index (κ2) is 11.1. The highest BCUT2D eigenvalue weighted by Gasteiger charge is 2.21. The van der Waals surface area contributed by atoms with Crippen LogP contribution in [0.5, 0.6) is 5.75 Å². The van der Waals surface area contributed by atoms with Crippen LogP contribution in [0, 0.1) is 10.1 Å². The molecule has 3 aromatic rings. The van der Waals surface area contributed by atoms with Gasteiger partial charge in [-0.3, -0.25) is 14.9 Å². The number of hydrazone groups is 1. The van der Waals surface area contributed by atoms with Crippen molar-refractivity contribution in [2.24, 2.45) is 5.10 Å². The summed E-state index contributed by atoms with van der Waals surface area (Å²) >= 11 is 0. The molecule has 0 saturated carbocycles. The normalized spacial score (nSPS) is 13.6. The molecule has 1 amide bonds. The third-order valence-electron chi connectivity index (χ3n) is 5.64. The first kappa shape index (κ1) is 23.0. The zero-order chi connectivity index (χ0) is 23.8. The second-order valence-electron chi connectivity index (χ2n) is 8.02. The number of piperidine rings is 1. The van der Waals surface area contributed by atoms with Crippen molar-refractivity contribution in [3.05, 3.63) is 99.6 Å². The standard InChI is InChI=1S/C26H26N4O4/c31-26(22-11-5-6-12-25(22)34-19-20-9-3-1-4-10-20)28-27-18-21-13-14-23(24(17-21)30(32)33)29-15-7-2-8-16-29/h1,3-6,9-14,17-18H,2,7-8,15-16,19H2,(H,28,31)/b27-18+. The number of benzene rings is 3. The van der Waals surface area contributed by atoms with E-state index >= 15 is 0 Å². The number of carbonyl (C=O) groups excluding carboxylic acids is 1. The molecule has 1 heterocycles. The Morgan fingerprint density at radius 1 is 1.03 bits per heavy atom. The Hall–Kier alpha value is -4.20. The number of nitro benzene ring substituents is 1. The number of rotatable bonds is 8. The molecule has 0 spiro atoms. The average Bonchev–Trinajstić information content (AvgIpc) is 2.88. The fourth-order valence-corrected chi connectivity index (χ4v) is 3.91. The third kappa shape index (κ3) is 5.78. The maximum atomic E-state index is 12.7. The lowest BCUT2D eigenvalue weighted by molar-refractivity contribution is -0.384. The molecule has 0 radical (unpaired) electrons. The molecular formula is C26H26N4O4. The third-order valence-corrected chi connectivity index (χ3v) is 5.64. The Balaban J connectivity index is 1.43. The van der Waals surface area contributed by atoms with Crippen molar-refractivity contribution in [2.45, 2.75) is 25.9 Å². The van der Waals surface area contributed by atoms with E-state index in [4.69, 9.17) is 4.74 Å². The summed E-state index contributed by atoms with van der Waals surface area (Å²) < 4.78 is 5.83. The maximum Gasteiger partial charge on any atom is 0.293 e. The minimum atomic E-state index is -0.431. The van der Waals surface area contributed by atoms with Gasteiger partial charge in [-0.05, 0) is 43.0 Å². The number of para-hydroxylation sites is 1. The Kier molecular flexibility index (Phi) is 7.49. The van der Waals surface area contributed by atoms with E-state index in [-0.39, 0.29) is 10.6 Å². The fraction of sp³-hybridized carbons (Fsp3) is 0.231. The molecule has 1 fully saturated rings. The van der Waals surface area contributed by atoms with Gasteiger partial charge in [0.2, 0.25) is 0 Å². The van der Waals surface area contributed by atoms with Crippen LogP contribution < -0.4 is 15.1 Å². The topological polar surface area (TPSA) is 97.1 Å². The van der Waals surface area contributed by atoms with Gasteiger partial charge in [0.15, 0.2) is 0 Å². The highest BCUT2D eigenvalue weighted by molar-refractivity contribution is 5.97. The van der Waals surface area contributed by atoms with Crippen molar-refractivity contribution < 1.29 is 14.5 Å².